The molecule has 0 unspecified atom stereocenters. The quantitative estimate of drug-likeness (QED) is 0.685. The third-order valence-electron chi connectivity index (χ3n) is 3.10. The van der Waals surface area contributed by atoms with Gasteiger partial charge < -0.3 is 10.1 Å². The lowest BCUT2D eigenvalue weighted by atomic mass is 9.95. The molecular weight excluding hydrogens is 278 g/mol. The Morgan fingerprint density at radius 3 is 2.80 bits per heavy atom. The van der Waals surface area contributed by atoms with E-state index in [-0.39, 0.29) is 18.5 Å². The first-order valence-electron chi connectivity index (χ1n) is 6.53. The van der Waals surface area contributed by atoms with E-state index in [1.807, 2.05) is 12.2 Å². The minimum absolute atomic E-state index is 0.131. The van der Waals surface area contributed by atoms with Crippen molar-refractivity contribution in [3.63, 3.8) is 0 Å². The molecule has 0 saturated heterocycles. The van der Waals surface area contributed by atoms with Gasteiger partial charge in [0.25, 0.3) is 5.91 Å². The molecule has 1 atom stereocenters. The van der Waals surface area contributed by atoms with E-state index in [2.05, 4.69) is 5.32 Å². The van der Waals surface area contributed by atoms with Crippen LogP contribution in [0.3, 0.4) is 0 Å². The molecule has 1 N–H and O–H groups in total. The van der Waals surface area contributed by atoms with E-state index >= 15 is 0 Å². The van der Waals surface area contributed by atoms with Crippen molar-refractivity contribution < 1.29 is 14.3 Å². The fraction of sp³-hybridized carbons (Fsp3) is 0.333. The van der Waals surface area contributed by atoms with Crippen molar-refractivity contribution in [2.75, 3.05) is 11.9 Å². The van der Waals surface area contributed by atoms with E-state index in [1.165, 1.54) is 0 Å². The molecule has 0 fully saturated rings. The van der Waals surface area contributed by atoms with Crippen LogP contribution < -0.4 is 5.32 Å². The lowest BCUT2D eigenvalue weighted by molar-refractivity contribution is -0.151. The molecule has 0 aliphatic heterocycles. The number of nitrogens with one attached hydrogen (secondary N) is 1. The van der Waals surface area contributed by atoms with Gasteiger partial charge >= 0.3 is 5.97 Å². The van der Waals surface area contributed by atoms with Crippen molar-refractivity contribution in [3.8, 4) is 0 Å². The predicted molar refractivity (Wildman–Crippen MR) is 77.5 cm³/mol. The molecule has 0 heterocycles. The summed E-state index contributed by atoms with van der Waals surface area (Å²) in [5.41, 5.74) is 0.510. The molecule has 4 nitrogen and oxygen atoms in total. The van der Waals surface area contributed by atoms with Gasteiger partial charge in [0.15, 0.2) is 6.61 Å². The maximum atomic E-state index is 11.8. The SMILES string of the molecule is O=C(COC(=O)[C@H]1CC=CCC1)Nc1ccccc1Cl. The van der Waals surface area contributed by atoms with Gasteiger partial charge in [0.05, 0.1) is 16.6 Å². The second-order valence-electron chi connectivity index (χ2n) is 4.62. The van der Waals surface area contributed by atoms with Crippen molar-refractivity contribution in [2.24, 2.45) is 5.92 Å². The average Bonchev–Trinajstić information content (AvgIpc) is 2.48. The molecule has 0 spiro atoms. The summed E-state index contributed by atoms with van der Waals surface area (Å²) in [6.45, 7) is -0.287. The summed E-state index contributed by atoms with van der Waals surface area (Å²) >= 11 is 5.92. The summed E-state index contributed by atoms with van der Waals surface area (Å²) in [7, 11) is 0. The van der Waals surface area contributed by atoms with E-state index in [4.69, 9.17) is 16.3 Å². The van der Waals surface area contributed by atoms with Gasteiger partial charge in [-0.2, -0.15) is 0 Å². The monoisotopic (exact) mass is 293 g/mol. The lowest BCUT2D eigenvalue weighted by Crippen LogP contribution is -2.25. The van der Waals surface area contributed by atoms with Gasteiger partial charge in [-0.15, -0.1) is 0 Å². The van der Waals surface area contributed by atoms with Crippen LogP contribution in [0.1, 0.15) is 19.3 Å². The highest BCUT2D eigenvalue weighted by atomic mass is 35.5. The Hall–Kier alpha value is -1.81. The zero-order valence-electron chi connectivity index (χ0n) is 11.0. The van der Waals surface area contributed by atoms with Gasteiger partial charge in [0.2, 0.25) is 0 Å². The van der Waals surface area contributed by atoms with Gasteiger partial charge in [-0.05, 0) is 31.4 Å². The van der Waals surface area contributed by atoms with Gasteiger partial charge in [-0.25, -0.2) is 0 Å². The maximum absolute atomic E-state index is 11.8. The number of anilines is 1. The number of halogens is 1. The lowest BCUT2D eigenvalue weighted by Gasteiger charge is -2.16. The second-order valence-corrected chi connectivity index (χ2v) is 5.02. The average molecular weight is 294 g/mol. The molecule has 0 bridgehead atoms. The Labute approximate surface area is 122 Å². The van der Waals surface area contributed by atoms with Crippen LogP contribution in [0.5, 0.6) is 0 Å². The molecule has 0 aromatic heterocycles. The smallest absolute Gasteiger partial charge is 0.309 e. The molecule has 0 saturated carbocycles. The number of hydrogen-bond acceptors (Lipinski definition) is 3. The molecule has 20 heavy (non-hydrogen) atoms. The Morgan fingerprint density at radius 1 is 1.30 bits per heavy atom. The summed E-state index contributed by atoms with van der Waals surface area (Å²) in [6.07, 6.45) is 6.37. The Bertz CT molecular complexity index is 528. The largest absolute Gasteiger partial charge is 0.455 e. The molecule has 5 heteroatoms. The van der Waals surface area contributed by atoms with Gasteiger partial charge in [-0.1, -0.05) is 35.9 Å². The molecule has 1 amide bonds. The van der Waals surface area contributed by atoms with E-state index in [9.17, 15) is 9.59 Å². The second kappa shape index (κ2) is 7.10. The molecule has 1 aromatic carbocycles. The summed E-state index contributed by atoms with van der Waals surface area (Å²) in [6, 6.07) is 6.90. The molecule has 1 aliphatic rings. The molecule has 1 aliphatic carbocycles. The summed E-state index contributed by atoms with van der Waals surface area (Å²) < 4.78 is 5.03. The number of hydrogen-bond donors (Lipinski definition) is 1. The Balaban J connectivity index is 1.79. The van der Waals surface area contributed by atoms with Crippen LogP contribution in [-0.4, -0.2) is 18.5 Å². The highest BCUT2D eigenvalue weighted by molar-refractivity contribution is 6.33. The molecule has 1 aromatic rings. The van der Waals surface area contributed by atoms with Crippen LogP contribution in [0.2, 0.25) is 5.02 Å². The third-order valence-corrected chi connectivity index (χ3v) is 3.43. The normalized spacial score (nSPS) is 17.6. The highest BCUT2D eigenvalue weighted by Crippen LogP contribution is 2.21. The van der Waals surface area contributed by atoms with Crippen LogP contribution in [0, 0.1) is 5.92 Å². The van der Waals surface area contributed by atoms with Gasteiger partial charge in [0.1, 0.15) is 0 Å². The third kappa shape index (κ3) is 4.10. The Morgan fingerprint density at radius 2 is 2.10 bits per heavy atom. The van der Waals surface area contributed by atoms with E-state index in [1.54, 1.807) is 24.3 Å². The summed E-state index contributed by atoms with van der Waals surface area (Å²) in [5.74, 6) is -0.838. The van der Waals surface area contributed by atoms with Crippen LogP contribution in [0.25, 0.3) is 0 Å². The van der Waals surface area contributed by atoms with E-state index in [0.29, 0.717) is 17.1 Å². The fourth-order valence-electron chi connectivity index (χ4n) is 2.01. The number of benzene rings is 1. The zero-order chi connectivity index (χ0) is 14.4. The Kier molecular flexibility index (Phi) is 5.18. The first-order valence-corrected chi connectivity index (χ1v) is 6.90. The number of ether oxygens (including phenoxy) is 1. The number of para-hydroxylation sites is 1. The molecule has 106 valence electrons. The standard InChI is InChI=1S/C15H16ClNO3/c16-12-8-4-5-9-13(12)17-14(18)10-20-15(19)11-6-2-1-3-7-11/h1-2,4-5,8-9,11H,3,6-7,10H2,(H,17,18)/t11-/m0/s1. The number of rotatable bonds is 4. The number of amides is 1. The number of carbonyl (C=O) groups is 2. The minimum atomic E-state index is -0.391. The van der Waals surface area contributed by atoms with Crippen LogP contribution in [0.15, 0.2) is 36.4 Å². The fourth-order valence-corrected chi connectivity index (χ4v) is 2.19. The van der Waals surface area contributed by atoms with E-state index in [0.717, 1.165) is 12.8 Å². The summed E-state index contributed by atoms with van der Waals surface area (Å²) in [5, 5.41) is 3.06. The van der Waals surface area contributed by atoms with Crippen molar-refractivity contribution in [1.82, 2.24) is 0 Å². The predicted octanol–water partition coefficient (Wildman–Crippen LogP) is 3.18. The van der Waals surface area contributed by atoms with Crippen molar-refractivity contribution in [1.29, 1.82) is 0 Å². The molecule has 0 radical (unpaired) electrons. The van der Waals surface area contributed by atoms with Crippen LogP contribution >= 0.6 is 11.6 Å². The number of carbonyl (C=O) groups excluding carboxylic acids is 2. The van der Waals surface area contributed by atoms with Crippen molar-refractivity contribution in [2.45, 2.75) is 19.3 Å². The van der Waals surface area contributed by atoms with Crippen LogP contribution in [-0.2, 0) is 14.3 Å². The topological polar surface area (TPSA) is 55.4 Å². The van der Waals surface area contributed by atoms with Gasteiger partial charge in [0, 0.05) is 0 Å². The highest BCUT2D eigenvalue weighted by Gasteiger charge is 2.21. The van der Waals surface area contributed by atoms with Crippen molar-refractivity contribution in [3.05, 3.63) is 41.4 Å². The summed E-state index contributed by atoms with van der Waals surface area (Å²) in [4.78, 5) is 23.5. The van der Waals surface area contributed by atoms with E-state index < -0.39 is 5.91 Å². The number of allylic oxidation sites excluding steroid dienone is 2. The molecule has 2 rings (SSSR count). The van der Waals surface area contributed by atoms with Crippen LogP contribution in [0.4, 0.5) is 5.69 Å². The number of esters is 1. The minimum Gasteiger partial charge on any atom is -0.455 e. The van der Waals surface area contributed by atoms with Gasteiger partial charge in [-0.3, -0.25) is 9.59 Å². The molecular formula is C15H16ClNO3. The first kappa shape index (κ1) is 14.6. The maximum Gasteiger partial charge on any atom is 0.309 e. The van der Waals surface area contributed by atoms with Crippen molar-refractivity contribution >= 4 is 29.2 Å². The zero-order valence-corrected chi connectivity index (χ0v) is 11.7. The first-order chi connectivity index (χ1) is 9.66.